The Balaban J connectivity index is 1.52. The lowest BCUT2D eigenvalue weighted by Gasteiger charge is -2.28. The second-order valence-corrected chi connectivity index (χ2v) is 8.81. The first-order valence-electron chi connectivity index (χ1n) is 9.90. The maximum atomic E-state index is 12.8. The number of thioether (sulfide) groups is 1. The topological polar surface area (TPSA) is 88.2 Å². The number of nitrogens with one attached hydrogen (secondary N) is 1. The first-order chi connectivity index (χ1) is 15.4. The van der Waals surface area contributed by atoms with E-state index in [1.807, 2.05) is 0 Å². The van der Waals surface area contributed by atoms with E-state index < -0.39 is 0 Å². The van der Waals surface area contributed by atoms with E-state index in [1.165, 1.54) is 36.0 Å². The quantitative estimate of drug-likeness (QED) is 0.572. The van der Waals surface area contributed by atoms with E-state index in [0.29, 0.717) is 35.8 Å². The minimum atomic E-state index is -0.265. The van der Waals surface area contributed by atoms with Gasteiger partial charge in [0.2, 0.25) is 5.91 Å². The number of carbonyl (C=O) groups is 3. The number of hydrogen-bond donors (Lipinski definition) is 1. The van der Waals surface area contributed by atoms with Gasteiger partial charge in [0.05, 0.1) is 31.4 Å². The zero-order chi connectivity index (χ0) is 23.1. The lowest BCUT2D eigenvalue weighted by Crippen LogP contribution is -2.45. The molecule has 0 unspecified atom stereocenters. The summed E-state index contributed by atoms with van der Waals surface area (Å²) in [6.07, 6.45) is 0.717. The van der Waals surface area contributed by atoms with Crippen LogP contribution in [0.15, 0.2) is 46.9 Å². The summed E-state index contributed by atoms with van der Waals surface area (Å²) in [5, 5.41) is 5.73. The highest BCUT2D eigenvalue weighted by molar-refractivity contribution is 9.10. The molecule has 3 amide bonds. The number of anilines is 1. The van der Waals surface area contributed by atoms with Crippen LogP contribution in [0.5, 0.6) is 11.5 Å². The molecule has 0 radical (unpaired) electrons. The summed E-state index contributed by atoms with van der Waals surface area (Å²) in [4.78, 5) is 37.8. The third kappa shape index (κ3) is 5.95. The predicted molar refractivity (Wildman–Crippen MR) is 127 cm³/mol. The van der Waals surface area contributed by atoms with E-state index in [4.69, 9.17) is 9.47 Å². The first kappa shape index (κ1) is 23.9. The Morgan fingerprint density at radius 3 is 2.41 bits per heavy atom. The summed E-state index contributed by atoms with van der Waals surface area (Å²) in [5.41, 5.74) is 1.02. The molecule has 1 fully saturated rings. The molecule has 170 valence electrons. The van der Waals surface area contributed by atoms with Crippen LogP contribution in [-0.4, -0.2) is 66.6 Å². The molecule has 1 aliphatic rings. The molecule has 10 heteroatoms. The molecule has 0 saturated carbocycles. The van der Waals surface area contributed by atoms with Crippen molar-refractivity contribution >= 4 is 51.1 Å². The summed E-state index contributed by atoms with van der Waals surface area (Å²) < 4.78 is 11.3. The summed E-state index contributed by atoms with van der Waals surface area (Å²) in [6.45, 7) is 0.969. The zero-order valence-electron chi connectivity index (χ0n) is 17.8. The van der Waals surface area contributed by atoms with E-state index >= 15 is 0 Å². The molecule has 1 aliphatic heterocycles. The number of ether oxygens (including phenoxy) is 2. The van der Waals surface area contributed by atoms with E-state index in [0.717, 1.165) is 10.9 Å². The largest absolute Gasteiger partial charge is 0.497 e. The average Bonchev–Trinajstić information content (AvgIpc) is 3.29. The maximum Gasteiger partial charge on any atom is 0.272 e. The lowest BCUT2D eigenvalue weighted by molar-refractivity contribution is -0.137. The summed E-state index contributed by atoms with van der Waals surface area (Å²) in [7, 11) is 3.06. The van der Waals surface area contributed by atoms with Gasteiger partial charge in [0.15, 0.2) is 0 Å². The van der Waals surface area contributed by atoms with E-state index in [2.05, 4.69) is 21.2 Å². The molecule has 0 aliphatic carbocycles. The highest BCUT2D eigenvalue weighted by atomic mass is 79.9. The maximum absolute atomic E-state index is 12.8. The van der Waals surface area contributed by atoms with Gasteiger partial charge in [-0.2, -0.15) is 0 Å². The van der Waals surface area contributed by atoms with Gasteiger partial charge in [0.25, 0.3) is 11.8 Å². The number of hydrogen-bond acceptors (Lipinski definition) is 6. The lowest BCUT2D eigenvalue weighted by atomic mass is 10.2. The van der Waals surface area contributed by atoms with Gasteiger partial charge in [-0.25, -0.2) is 5.01 Å². The fourth-order valence-electron chi connectivity index (χ4n) is 3.23. The molecule has 2 aromatic carbocycles. The second-order valence-electron chi connectivity index (χ2n) is 6.91. The van der Waals surface area contributed by atoms with Crippen molar-refractivity contribution in [2.24, 2.45) is 0 Å². The van der Waals surface area contributed by atoms with Crippen LogP contribution in [0, 0.1) is 0 Å². The van der Waals surface area contributed by atoms with E-state index in [1.54, 1.807) is 42.5 Å². The summed E-state index contributed by atoms with van der Waals surface area (Å²) in [5.74, 6) is 0.598. The molecule has 1 N–H and O–H groups in total. The van der Waals surface area contributed by atoms with Crippen LogP contribution in [0.2, 0.25) is 0 Å². The fourth-order valence-corrected chi connectivity index (χ4v) is 4.17. The van der Waals surface area contributed by atoms with Crippen molar-refractivity contribution in [1.82, 2.24) is 10.0 Å². The Morgan fingerprint density at radius 2 is 1.72 bits per heavy atom. The van der Waals surface area contributed by atoms with Crippen molar-refractivity contribution in [3.05, 3.63) is 52.5 Å². The Kier molecular flexibility index (Phi) is 8.40. The number of hydrazine groups is 1. The van der Waals surface area contributed by atoms with Crippen molar-refractivity contribution in [3.8, 4) is 11.5 Å². The average molecular weight is 522 g/mol. The molecule has 2 aromatic rings. The van der Waals surface area contributed by atoms with E-state index in [9.17, 15) is 14.4 Å². The molecule has 1 heterocycles. The van der Waals surface area contributed by atoms with E-state index in [-0.39, 0.29) is 29.2 Å². The van der Waals surface area contributed by atoms with Gasteiger partial charge in [-0.15, -0.1) is 11.8 Å². The molecule has 1 saturated heterocycles. The molecule has 3 rings (SSSR count). The normalized spacial score (nSPS) is 13.1. The van der Waals surface area contributed by atoms with Crippen molar-refractivity contribution in [2.75, 3.05) is 44.1 Å². The third-order valence-electron chi connectivity index (χ3n) is 4.78. The van der Waals surface area contributed by atoms with Crippen LogP contribution in [0.3, 0.4) is 0 Å². The van der Waals surface area contributed by atoms with Gasteiger partial charge in [0.1, 0.15) is 11.5 Å². The Morgan fingerprint density at radius 1 is 1.00 bits per heavy atom. The molecule has 32 heavy (non-hydrogen) atoms. The molecular weight excluding hydrogens is 498 g/mol. The highest BCUT2D eigenvalue weighted by Crippen LogP contribution is 2.29. The van der Waals surface area contributed by atoms with Gasteiger partial charge < -0.3 is 14.8 Å². The zero-order valence-corrected chi connectivity index (χ0v) is 20.2. The smallest absolute Gasteiger partial charge is 0.272 e. The number of nitrogens with zero attached hydrogens (tertiary/aromatic N) is 2. The third-order valence-corrected chi connectivity index (χ3v) is 6.23. The summed E-state index contributed by atoms with van der Waals surface area (Å²) >= 11 is 4.54. The number of carbonyl (C=O) groups excluding carboxylic acids is 3. The molecule has 8 nitrogen and oxygen atoms in total. The molecular formula is C22H24BrN3O5S. The summed E-state index contributed by atoms with van der Waals surface area (Å²) in [6, 6.07) is 12.1. The van der Waals surface area contributed by atoms with Crippen LogP contribution in [0.1, 0.15) is 16.8 Å². The molecule has 0 atom stereocenters. The monoisotopic (exact) mass is 521 g/mol. The second kappa shape index (κ2) is 11.2. The molecule has 0 aromatic heterocycles. The SMILES string of the molecule is COc1ccc(OC)c(NC(=O)CSCC(=O)N2CCCN2C(=O)c2ccc(Br)cc2)c1. The Hall–Kier alpha value is -2.72. The standard InChI is InChI=1S/C22H24BrN3O5S/c1-30-17-8-9-19(31-2)18(12-17)24-20(27)13-32-14-21(28)25-10-3-11-26(25)22(29)15-4-6-16(23)7-5-15/h4-9,12H,3,10-11,13-14H2,1-2H3,(H,24,27). The first-order valence-corrected chi connectivity index (χ1v) is 11.8. The Labute approximate surface area is 199 Å². The van der Waals surface area contributed by atoms with Crippen molar-refractivity contribution in [2.45, 2.75) is 6.42 Å². The minimum absolute atomic E-state index is 0.0839. The van der Waals surface area contributed by atoms with Crippen molar-refractivity contribution in [1.29, 1.82) is 0 Å². The molecule has 0 spiro atoms. The van der Waals surface area contributed by atoms with Crippen LogP contribution in [-0.2, 0) is 9.59 Å². The Bertz CT molecular complexity index is 986. The van der Waals surface area contributed by atoms with Crippen molar-refractivity contribution in [3.63, 3.8) is 0 Å². The van der Waals surface area contributed by atoms with Gasteiger partial charge in [-0.3, -0.25) is 19.4 Å². The van der Waals surface area contributed by atoms with Gasteiger partial charge in [-0.1, -0.05) is 15.9 Å². The number of amides is 3. The van der Waals surface area contributed by atoms with Crippen LogP contribution in [0.4, 0.5) is 5.69 Å². The highest BCUT2D eigenvalue weighted by Gasteiger charge is 2.31. The van der Waals surface area contributed by atoms with Crippen LogP contribution >= 0.6 is 27.7 Å². The number of rotatable bonds is 8. The van der Waals surface area contributed by atoms with Gasteiger partial charge >= 0.3 is 0 Å². The van der Waals surface area contributed by atoms with Gasteiger partial charge in [-0.05, 0) is 42.8 Å². The van der Waals surface area contributed by atoms with Crippen LogP contribution < -0.4 is 14.8 Å². The fraction of sp³-hybridized carbons (Fsp3) is 0.318. The van der Waals surface area contributed by atoms with Crippen molar-refractivity contribution < 1.29 is 23.9 Å². The number of halogens is 1. The molecule has 0 bridgehead atoms. The number of methoxy groups -OCH3 is 2. The number of benzene rings is 2. The van der Waals surface area contributed by atoms with Gasteiger partial charge in [0, 0.05) is 29.2 Å². The van der Waals surface area contributed by atoms with Crippen LogP contribution in [0.25, 0.3) is 0 Å². The minimum Gasteiger partial charge on any atom is -0.497 e. The predicted octanol–water partition coefficient (Wildman–Crippen LogP) is 3.43.